The first-order chi connectivity index (χ1) is 8.22. The molecule has 0 atom stereocenters. The normalized spacial score (nSPS) is 9.47. The van der Waals surface area contributed by atoms with E-state index in [0.717, 1.165) is 11.3 Å². The monoisotopic (exact) mass is 230 g/mol. The summed E-state index contributed by atoms with van der Waals surface area (Å²) in [7, 11) is 0. The summed E-state index contributed by atoms with van der Waals surface area (Å²) in [5.41, 5.74) is 2.39. The maximum atomic E-state index is 5.50. The summed E-state index contributed by atoms with van der Waals surface area (Å²) in [6.45, 7) is 5.68. The average Bonchev–Trinajstić information content (AvgIpc) is 2.33. The van der Waals surface area contributed by atoms with E-state index in [4.69, 9.17) is 15.9 Å². The Morgan fingerprint density at radius 2 is 2.00 bits per heavy atom. The molecule has 17 heavy (non-hydrogen) atoms. The van der Waals surface area contributed by atoms with Gasteiger partial charge in [-0.3, -0.25) is 0 Å². The first-order valence-corrected chi connectivity index (χ1v) is 5.58. The van der Waals surface area contributed by atoms with Crippen LogP contribution in [-0.4, -0.2) is 13.2 Å². The molecule has 0 unspecified atom stereocenters. The minimum atomic E-state index is 0.302. The fourth-order valence-corrected chi connectivity index (χ4v) is 1.21. The Morgan fingerprint density at radius 3 is 2.59 bits per heavy atom. The third-order valence-electron chi connectivity index (χ3n) is 2.12. The number of hydrogen-bond acceptors (Lipinski definition) is 2. The van der Waals surface area contributed by atoms with Crippen LogP contribution in [0.1, 0.15) is 19.4 Å². The summed E-state index contributed by atoms with van der Waals surface area (Å²) in [4.78, 5) is 0. The smallest absolute Gasteiger partial charge is 0.148 e. The van der Waals surface area contributed by atoms with Gasteiger partial charge in [0.15, 0.2) is 0 Å². The van der Waals surface area contributed by atoms with E-state index < -0.39 is 0 Å². The standard InChI is InChI=1S/C15H18O2/c1-4-10-17-15-7-5-14(6-8-15)12-16-11-9-13(2)3/h1,5-9H,10-12H2,2-3H3. The van der Waals surface area contributed by atoms with E-state index in [1.807, 2.05) is 24.3 Å². The molecule has 0 saturated heterocycles. The van der Waals surface area contributed by atoms with E-state index in [-0.39, 0.29) is 0 Å². The maximum absolute atomic E-state index is 5.50. The summed E-state index contributed by atoms with van der Waals surface area (Å²) >= 11 is 0. The molecule has 0 aliphatic heterocycles. The number of hydrogen-bond donors (Lipinski definition) is 0. The summed E-state index contributed by atoms with van der Waals surface area (Å²) in [6, 6.07) is 7.76. The van der Waals surface area contributed by atoms with Crippen LogP contribution in [0, 0.1) is 12.3 Å². The van der Waals surface area contributed by atoms with Gasteiger partial charge >= 0.3 is 0 Å². The molecule has 0 aliphatic rings. The molecular weight excluding hydrogens is 212 g/mol. The molecule has 0 radical (unpaired) electrons. The van der Waals surface area contributed by atoms with Crippen LogP contribution in [0.3, 0.4) is 0 Å². The molecule has 0 amide bonds. The summed E-state index contributed by atoms with van der Waals surface area (Å²) in [5.74, 6) is 3.22. The molecule has 0 fully saturated rings. The van der Waals surface area contributed by atoms with Crippen molar-refractivity contribution in [2.75, 3.05) is 13.2 Å². The molecule has 1 rings (SSSR count). The van der Waals surface area contributed by atoms with Crippen LogP contribution in [0.15, 0.2) is 35.9 Å². The largest absolute Gasteiger partial charge is 0.481 e. The zero-order valence-electron chi connectivity index (χ0n) is 10.4. The van der Waals surface area contributed by atoms with Gasteiger partial charge < -0.3 is 9.47 Å². The van der Waals surface area contributed by atoms with Crippen molar-refractivity contribution in [3.63, 3.8) is 0 Å². The van der Waals surface area contributed by atoms with E-state index >= 15 is 0 Å². The van der Waals surface area contributed by atoms with Gasteiger partial charge in [-0.25, -0.2) is 0 Å². The first kappa shape index (κ1) is 13.3. The highest BCUT2D eigenvalue weighted by molar-refractivity contribution is 5.27. The Kier molecular flexibility index (Phi) is 5.92. The van der Waals surface area contributed by atoms with E-state index in [0.29, 0.717) is 19.8 Å². The van der Waals surface area contributed by atoms with Crippen LogP contribution in [0.25, 0.3) is 0 Å². The Balaban J connectivity index is 2.35. The predicted octanol–water partition coefficient (Wildman–Crippen LogP) is 3.18. The van der Waals surface area contributed by atoms with Crippen LogP contribution in [0.4, 0.5) is 0 Å². The van der Waals surface area contributed by atoms with Crippen LogP contribution < -0.4 is 4.74 Å². The van der Waals surface area contributed by atoms with Gasteiger partial charge in [-0.1, -0.05) is 29.7 Å². The van der Waals surface area contributed by atoms with Crippen molar-refractivity contribution < 1.29 is 9.47 Å². The molecule has 1 aromatic carbocycles. The molecule has 0 bridgehead atoms. The molecule has 0 saturated carbocycles. The number of allylic oxidation sites excluding steroid dienone is 1. The first-order valence-electron chi connectivity index (χ1n) is 5.58. The lowest BCUT2D eigenvalue weighted by molar-refractivity contribution is 0.148. The Bertz CT molecular complexity index is 392. The highest BCUT2D eigenvalue weighted by Crippen LogP contribution is 2.12. The third kappa shape index (κ3) is 5.79. The lowest BCUT2D eigenvalue weighted by atomic mass is 10.2. The fourth-order valence-electron chi connectivity index (χ4n) is 1.21. The average molecular weight is 230 g/mol. The number of terminal acetylenes is 1. The molecule has 0 heterocycles. The van der Waals surface area contributed by atoms with Crippen LogP contribution >= 0.6 is 0 Å². The second-order valence-corrected chi connectivity index (χ2v) is 3.93. The fraction of sp³-hybridized carbons (Fsp3) is 0.333. The molecular formula is C15H18O2. The predicted molar refractivity (Wildman–Crippen MR) is 69.9 cm³/mol. The maximum Gasteiger partial charge on any atom is 0.148 e. The van der Waals surface area contributed by atoms with Gasteiger partial charge in [0.25, 0.3) is 0 Å². The van der Waals surface area contributed by atoms with Crippen molar-refractivity contribution in [3.8, 4) is 18.1 Å². The van der Waals surface area contributed by atoms with Gasteiger partial charge in [0.2, 0.25) is 0 Å². The molecule has 2 heteroatoms. The molecule has 0 aromatic heterocycles. The third-order valence-corrected chi connectivity index (χ3v) is 2.12. The molecule has 0 spiro atoms. The van der Waals surface area contributed by atoms with E-state index in [9.17, 15) is 0 Å². The Hall–Kier alpha value is -1.72. The van der Waals surface area contributed by atoms with E-state index in [2.05, 4.69) is 25.8 Å². The molecule has 1 aromatic rings. The molecule has 0 N–H and O–H groups in total. The summed E-state index contributed by atoms with van der Waals surface area (Å²) < 4.78 is 10.8. The van der Waals surface area contributed by atoms with Gasteiger partial charge in [0.05, 0.1) is 13.2 Å². The van der Waals surface area contributed by atoms with Crippen molar-refractivity contribution in [2.24, 2.45) is 0 Å². The lowest BCUT2D eigenvalue weighted by Crippen LogP contribution is -1.95. The van der Waals surface area contributed by atoms with Gasteiger partial charge in [-0.15, -0.1) is 6.42 Å². The van der Waals surface area contributed by atoms with Crippen molar-refractivity contribution >= 4 is 0 Å². The van der Waals surface area contributed by atoms with Crippen molar-refractivity contribution in [1.29, 1.82) is 0 Å². The topological polar surface area (TPSA) is 18.5 Å². The lowest BCUT2D eigenvalue weighted by Gasteiger charge is -2.05. The van der Waals surface area contributed by atoms with Crippen LogP contribution in [0.5, 0.6) is 5.75 Å². The number of ether oxygens (including phenoxy) is 2. The van der Waals surface area contributed by atoms with Gasteiger partial charge in [0, 0.05) is 0 Å². The van der Waals surface area contributed by atoms with E-state index in [1.54, 1.807) is 0 Å². The minimum Gasteiger partial charge on any atom is -0.481 e. The van der Waals surface area contributed by atoms with E-state index in [1.165, 1.54) is 5.57 Å². The highest BCUT2D eigenvalue weighted by atomic mass is 16.5. The SMILES string of the molecule is C#CCOc1ccc(COCC=C(C)C)cc1. The Morgan fingerprint density at radius 1 is 1.29 bits per heavy atom. The van der Waals surface area contributed by atoms with Gasteiger partial charge in [-0.2, -0.15) is 0 Å². The second kappa shape index (κ2) is 7.54. The number of benzene rings is 1. The minimum absolute atomic E-state index is 0.302. The van der Waals surface area contributed by atoms with Crippen molar-refractivity contribution in [2.45, 2.75) is 20.5 Å². The van der Waals surface area contributed by atoms with Crippen LogP contribution in [0.2, 0.25) is 0 Å². The quantitative estimate of drug-likeness (QED) is 0.424. The molecule has 90 valence electrons. The molecule has 0 aliphatic carbocycles. The van der Waals surface area contributed by atoms with Gasteiger partial charge in [0.1, 0.15) is 12.4 Å². The zero-order valence-corrected chi connectivity index (χ0v) is 10.4. The van der Waals surface area contributed by atoms with Crippen molar-refractivity contribution in [1.82, 2.24) is 0 Å². The number of rotatable bonds is 6. The van der Waals surface area contributed by atoms with Crippen molar-refractivity contribution in [3.05, 3.63) is 41.5 Å². The van der Waals surface area contributed by atoms with Crippen LogP contribution in [-0.2, 0) is 11.3 Å². The zero-order chi connectivity index (χ0) is 12.5. The second-order valence-electron chi connectivity index (χ2n) is 3.93. The van der Waals surface area contributed by atoms with Gasteiger partial charge in [-0.05, 0) is 31.5 Å². The highest BCUT2D eigenvalue weighted by Gasteiger charge is 1.95. The summed E-state index contributed by atoms with van der Waals surface area (Å²) in [6.07, 6.45) is 7.17. The summed E-state index contributed by atoms with van der Waals surface area (Å²) in [5, 5.41) is 0. The Labute approximate surface area is 103 Å². The molecule has 2 nitrogen and oxygen atoms in total.